The predicted molar refractivity (Wildman–Crippen MR) is 50.5 cm³/mol. The SMILES string of the molecule is CC.CC/C(N)=C/N(N)CC. The topological polar surface area (TPSA) is 55.3 Å². The Labute approximate surface area is 70.0 Å². The molecule has 0 heterocycles. The van der Waals surface area contributed by atoms with Crippen LogP contribution in [0.15, 0.2) is 11.9 Å². The fourth-order valence-electron chi connectivity index (χ4n) is 0.396. The summed E-state index contributed by atoms with van der Waals surface area (Å²) in [4.78, 5) is 0. The molecule has 0 rings (SSSR count). The second-order valence-corrected chi connectivity index (χ2v) is 1.89. The number of nitrogens with zero attached hydrogens (tertiary/aromatic N) is 1. The maximum Gasteiger partial charge on any atom is 0.0342 e. The molecule has 0 bridgehead atoms. The second-order valence-electron chi connectivity index (χ2n) is 1.89. The van der Waals surface area contributed by atoms with E-state index in [-0.39, 0.29) is 0 Å². The molecule has 0 aliphatic carbocycles. The Morgan fingerprint density at radius 3 is 2.09 bits per heavy atom. The minimum Gasteiger partial charge on any atom is -0.401 e. The summed E-state index contributed by atoms with van der Waals surface area (Å²) >= 11 is 0. The van der Waals surface area contributed by atoms with Crippen LogP contribution in [0.5, 0.6) is 0 Å². The summed E-state index contributed by atoms with van der Waals surface area (Å²) in [5.41, 5.74) is 6.31. The fourth-order valence-corrected chi connectivity index (χ4v) is 0.396. The van der Waals surface area contributed by atoms with E-state index in [1.807, 2.05) is 27.7 Å². The van der Waals surface area contributed by atoms with Gasteiger partial charge in [-0.05, 0) is 13.3 Å². The highest BCUT2D eigenvalue weighted by molar-refractivity contribution is 4.92. The Balaban J connectivity index is 0. The van der Waals surface area contributed by atoms with E-state index in [4.69, 9.17) is 11.6 Å². The highest BCUT2D eigenvalue weighted by Crippen LogP contribution is 1.90. The van der Waals surface area contributed by atoms with Crippen LogP contribution in [-0.2, 0) is 0 Å². The van der Waals surface area contributed by atoms with Crippen molar-refractivity contribution in [3.05, 3.63) is 11.9 Å². The number of hydrogen-bond donors (Lipinski definition) is 2. The van der Waals surface area contributed by atoms with E-state index in [9.17, 15) is 0 Å². The van der Waals surface area contributed by atoms with Crippen molar-refractivity contribution in [1.29, 1.82) is 0 Å². The summed E-state index contributed by atoms with van der Waals surface area (Å²) in [6, 6.07) is 0. The van der Waals surface area contributed by atoms with Gasteiger partial charge in [-0.25, -0.2) is 5.84 Å². The van der Waals surface area contributed by atoms with Gasteiger partial charge in [0.1, 0.15) is 0 Å². The third kappa shape index (κ3) is 9.30. The standard InChI is InChI=1S/C6H15N3.C2H6/c1-3-6(7)5-9(8)4-2;1-2/h5H,3-4,7-8H2,1-2H3;1-2H3/b6-5-;. The highest BCUT2D eigenvalue weighted by atomic mass is 15.4. The summed E-state index contributed by atoms with van der Waals surface area (Å²) in [5, 5.41) is 1.57. The van der Waals surface area contributed by atoms with E-state index < -0.39 is 0 Å². The van der Waals surface area contributed by atoms with E-state index in [0.29, 0.717) is 0 Å². The van der Waals surface area contributed by atoms with Crippen molar-refractivity contribution in [2.75, 3.05) is 6.54 Å². The van der Waals surface area contributed by atoms with Crippen LogP contribution in [0.3, 0.4) is 0 Å². The van der Waals surface area contributed by atoms with Crippen LogP contribution in [0.2, 0.25) is 0 Å². The number of rotatable bonds is 3. The molecular formula is C8H21N3. The zero-order chi connectivity index (χ0) is 9.28. The van der Waals surface area contributed by atoms with E-state index in [0.717, 1.165) is 18.7 Å². The van der Waals surface area contributed by atoms with Gasteiger partial charge in [0.2, 0.25) is 0 Å². The first-order valence-corrected chi connectivity index (χ1v) is 4.18. The number of hydrogen-bond acceptors (Lipinski definition) is 3. The summed E-state index contributed by atoms with van der Waals surface area (Å²) in [6.45, 7) is 8.76. The first-order chi connectivity index (χ1) is 5.20. The monoisotopic (exact) mass is 159 g/mol. The zero-order valence-electron chi connectivity index (χ0n) is 8.09. The maximum absolute atomic E-state index is 5.49. The third-order valence-electron chi connectivity index (χ3n) is 1.11. The van der Waals surface area contributed by atoms with Crippen LogP contribution in [0.25, 0.3) is 0 Å². The lowest BCUT2D eigenvalue weighted by Gasteiger charge is -2.10. The van der Waals surface area contributed by atoms with Gasteiger partial charge in [-0.15, -0.1) is 0 Å². The van der Waals surface area contributed by atoms with Crippen molar-refractivity contribution in [3.8, 4) is 0 Å². The Kier molecular flexibility index (Phi) is 10.9. The van der Waals surface area contributed by atoms with Gasteiger partial charge in [0.25, 0.3) is 0 Å². The lowest BCUT2D eigenvalue weighted by Crippen LogP contribution is -2.25. The molecule has 0 aromatic rings. The van der Waals surface area contributed by atoms with E-state index >= 15 is 0 Å². The van der Waals surface area contributed by atoms with Crippen molar-refractivity contribution >= 4 is 0 Å². The molecule has 0 aromatic carbocycles. The molecule has 0 fully saturated rings. The van der Waals surface area contributed by atoms with Crippen molar-refractivity contribution < 1.29 is 0 Å². The third-order valence-corrected chi connectivity index (χ3v) is 1.11. The van der Waals surface area contributed by atoms with Gasteiger partial charge in [0.05, 0.1) is 0 Å². The molecule has 11 heavy (non-hydrogen) atoms. The molecule has 0 aromatic heterocycles. The molecule has 0 spiro atoms. The number of nitrogens with two attached hydrogens (primary N) is 2. The molecule has 0 atom stereocenters. The van der Waals surface area contributed by atoms with Crippen LogP contribution in [0.1, 0.15) is 34.1 Å². The molecule has 3 nitrogen and oxygen atoms in total. The highest BCUT2D eigenvalue weighted by Gasteiger charge is 1.87. The zero-order valence-corrected chi connectivity index (χ0v) is 8.09. The molecular weight excluding hydrogens is 138 g/mol. The van der Waals surface area contributed by atoms with E-state index in [2.05, 4.69) is 0 Å². The Hall–Kier alpha value is -0.700. The first kappa shape index (κ1) is 12.9. The van der Waals surface area contributed by atoms with Crippen molar-refractivity contribution in [2.24, 2.45) is 11.6 Å². The van der Waals surface area contributed by atoms with Gasteiger partial charge in [-0.3, -0.25) is 0 Å². The molecule has 4 N–H and O–H groups in total. The van der Waals surface area contributed by atoms with E-state index in [1.54, 1.807) is 11.2 Å². The van der Waals surface area contributed by atoms with Crippen molar-refractivity contribution in [2.45, 2.75) is 34.1 Å². The smallest absolute Gasteiger partial charge is 0.0342 e. The van der Waals surface area contributed by atoms with Gasteiger partial charge in [-0.2, -0.15) is 0 Å². The van der Waals surface area contributed by atoms with Crippen LogP contribution >= 0.6 is 0 Å². The second kappa shape index (κ2) is 9.30. The molecule has 0 aliphatic heterocycles. The van der Waals surface area contributed by atoms with Crippen LogP contribution < -0.4 is 11.6 Å². The van der Waals surface area contributed by atoms with Crippen LogP contribution in [0.4, 0.5) is 0 Å². The molecule has 0 saturated carbocycles. The Morgan fingerprint density at radius 2 is 1.82 bits per heavy atom. The maximum atomic E-state index is 5.49. The minimum atomic E-state index is 0.792. The molecule has 68 valence electrons. The number of hydrazine groups is 1. The molecule has 0 amide bonds. The lowest BCUT2D eigenvalue weighted by molar-refractivity contribution is 0.412. The van der Waals surface area contributed by atoms with Gasteiger partial charge >= 0.3 is 0 Å². The average molecular weight is 159 g/mol. The van der Waals surface area contributed by atoms with Gasteiger partial charge in [-0.1, -0.05) is 20.8 Å². The summed E-state index contributed by atoms with van der Waals surface area (Å²) in [7, 11) is 0. The fraction of sp³-hybridized carbons (Fsp3) is 0.750. The molecule has 0 radical (unpaired) electrons. The molecule has 3 heteroatoms. The lowest BCUT2D eigenvalue weighted by atomic mass is 10.4. The number of allylic oxidation sites excluding steroid dienone is 1. The Morgan fingerprint density at radius 1 is 1.36 bits per heavy atom. The largest absolute Gasteiger partial charge is 0.401 e. The quantitative estimate of drug-likeness (QED) is 0.483. The van der Waals surface area contributed by atoms with Crippen molar-refractivity contribution in [3.63, 3.8) is 0 Å². The van der Waals surface area contributed by atoms with Crippen LogP contribution in [0, 0.1) is 0 Å². The van der Waals surface area contributed by atoms with Gasteiger partial charge in [0, 0.05) is 18.4 Å². The summed E-state index contributed by atoms with van der Waals surface area (Å²) in [6.07, 6.45) is 2.60. The van der Waals surface area contributed by atoms with E-state index in [1.165, 1.54) is 0 Å². The summed E-state index contributed by atoms with van der Waals surface area (Å²) < 4.78 is 0. The van der Waals surface area contributed by atoms with Crippen molar-refractivity contribution in [1.82, 2.24) is 5.01 Å². The van der Waals surface area contributed by atoms with Gasteiger partial charge < -0.3 is 10.7 Å². The molecule has 0 aliphatic rings. The minimum absolute atomic E-state index is 0.792. The first-order valence-electron chi connectivity index (χ1n) is 4.18. The predicted octanol–water partition coefficient (Wildman–Crippen LogP) is 1.42. The van der Waals surface area contributed by atoms with Crippen LogP contribution in [-0.4, -0.2) is 11.6 Å². The summed E-state index contributed by atoms with van der Waals surface area (Å²) in [5.74, 6) is 5.43. The Bertz CT molecular complexity index is 99.5. The average Bonchev–Trinajstić information content (AvgIpc) is 2.07. The molecule has 0 unspecified atom stereocenters. The van der Waals surface area contributed by atoms with Gasteiger partial charge in [0.15, 0.2) is 0 Å². The normalized spacial score (nSPS) is 10.1. The molecule has 0 saturated heterocycles.